The van der Waals surface area contributed by atoms with Gasteiger partial charge in [-0.2, -0.15) is 0 Å². The van der Waals surface area contributed by atoms with Crippen molar-refractivity contribution in [1.29, 1.82) is 0 Å². The van der Waals surface area contributed by atoms with E-state index in [-0.39, 0.29) is 5.56 Å². The first-order chi connectivity index (χ1) is 8.29. The molecule has 17 heavy (non-hydrogen) atoms. The van der Waals surface area contributed by atoms with Crippen molar-refractivity contribution in [2.45, 2.75) is 0 Å². The van der Waals surface area contributed by atoms with Crippen molar-refractivity contribution in [2.75, 3.05) is 13.2 Å². The van der Waals surface area contributed by atoms with Crippen molar-refractivity contribution in [3.8, 4) is 17.1 Å². The van der Waals surface area contributed by atoms with E-state index in [1.165, 1.54) is 12.3 Å². The lowest BCUT2D eigenvalue weighted by Gasteiger charge is -2.05. The van der Waals surface area contributed by atoms with Crippen molar-refractivity contribution in [1.82, 2.24) is 9.97 Å². The van der Waals surface area contributed by atoms with Crippen molar-refractivity contribution in [3.05, 3.63) is 46.9 Å². The van der Waals surface area contributed by atoms with E-state index in [9.17, 15) is 4.79 Å². The largest absolute Gasteiger partial charge is 0.492 e. The Hall–Kier alpha value is -2.14. The maximum atomic E-state index is 11.1. The van der Waals surface area contributed by atoms with Crippen molar-refractivity contribution < 1.29 is 4.74 Å². The molecule has 0 unspecified atom stereocenters. The molecule has 0 bridgehead atoms. The lowest BCUT2D eigenvalue weighted by atomic mass is 10.2. The number of H-pyrrole nitrogens is 1. The second-order valence-electron chi connectivity index (χ2n) is 3.44. The zero-order valence-electron chi connectivity index (χ0n) is 9.22. The first-order valence-electron chi connectivity index (χ1n) is 5.28. The number of benzene rings is 1. The summed E-state index contributed by atoms with van der Waals surface area (Å²) >= 11 is 0. The third-order valence-corrected chi connectivity index (χ3v) is 2.19. The highest BCUT2D eigenvalue weighted by Gasteiger charge is 2.00. The van der Waals surface area contributed by atoms with E-state index >= 15 is 0 Å². The van der Waals surface area contributed by atoms with E-state index in [0.29, 0.717) is 19.0 Å². The molecule has 88 valence electrons. The van der Waals surface area contributed by atoms with Crippen LogP contribution in [0.5, 0.6) is 5.75 Å². The third kappa shape index (κ3) is 2.92. The van der Waals surface area contributed by atoms with Crippen LogP contribution in [0.1, 0.15) is 0 Å². The normalized spacial score (nSPS) is 10.2. The molecule has 2 rings (SSSR count). The predicted molar refractivity (Wildman–Crippen MR) is 64.8 cm³/mol. The van der Waals surface area contributed by atoms with E-state index in [1.807, 2.05) is 24.3 Å². The Kier molecular flexibility index (Phi) is 3.52. The van der Waals surface area contributed by atoms with Gasteiger partial charge in [-0.05, 0) is 24.3 Å². The van der Waals surface area contributed by atoms with Gasteiger partial charge >= 0.3 is 0 Å². The predicted octanol–water partition coefficient (Wildman–Crippen LogP) is 0.774. The zero-order valence-corrected chi connectivity index (χ0v) is 9.22. The van der Waals surface area contributed by atoms with Gasteiger partial charge in [-0.15, -0.1) is 0 Å². The van der Waals surface area contributed by atoms with E-state index in [0.717, 1.165) is 11.3 Å². The minimum Gasteiger partial charge on any atom is -0.492 e. The van der Waals surface area contributed by atoms with Crippen LogP contribution in [0.2, 0.25) is 0 Å². The number of aromatic amines is 1. The van der Waals surface area contributed by atoms with Gasteiger partial charge in [0.05, 0.1) is 0 Å². The Bertz CT molecular complexity index is 534. The molecule has 0 radical (unpaired) electrons. The summed E-state index contributed by atoms with van der Waals surface area (Å²) in [5.74, 6) is 1.29. The summed E-state index contributed by atoms with van der Waals surface area (Å²) in [4.78, 5) is 17.9. The summed E-state index contributed by atoms with van der Waals surface area (Å²) in [6.45, 7) is 0.967. The molecule has 0 aliphatic heterocycles. The van der Waals surface area contributed by atoms with Gasteiger partial charge in [0.15, 0.2) is 0 Å². The molecule has 0 atom stereocenters. The molecule has 1 aromatic carbocycles. The fraction of sp³-hybridized carbons (Fsp3) is 0.167. The maximum absolute atomic E-state index is 11.1. The summed E-state index contributed by atoms with van der Waals surface area (Å²) in [5, 5.41) is 0. The van der Waals surface area contributed by atoms with E-state index in [4.69, 9.17) is 10.5 Å². The van der Waals surface area contributed by atoms with Gasteiger partial charge in [0.25, 0.3) is 5.56 Å². The third-order valence-electron chi connectivity index (χ3n) is 2.19. The van der Waals surface area contributed by atoms with Crippen LogP contribution < -0.4 is 16.0 Å². The van der Waals surface area contributed by atoms with Crippen LogP contribution in [0.4, 0.5) is 0 Å². The van der Waals surface area contributed by atoms with Gasteiger partial charge in [-0.3, -0.25) is 4.79 Å². The van der Waals surface area contributed by atoms with Gasteiger partial charge in [0.2, 0.25) is 0 Å². The Labute approximate surface area is 98.3 Å². The molecule has 2 aromatic rings. The summed E-state index contributed by atoms with van der Waals surface area (Å²) in [6, 6.07) is 8.69. The monoisotopic (exact) mass is 231 g/mol. The molecule has 0 saturated carbocycles. The standard InChI is InChI=1S/C12H13N3O2/c13-6-8-17-10-3-1-9(2-4-10)12-14-7-5-11(16)15-12/h1-5,7H,6,8,13H2,(H,14,15,16). The average molecular weight is 231 g/mol. The molecule has 5 heteroatoms. The van der Waals surface area contributed by atoms with Crippen molar-refractivity contribution >= 4 is 0 Å². The summed E-state index contributed by atoms with van der Waals surface area (Å²) in [5.41, 5.74) is 6.01. The van der Waals surface area contributed by atoms with Crippen LogP contribution in [0.25, 0.3) is 11.4 Å². The zero-order chi connectivity index (χ0) is 12.1. The van der Waals surface area contributed by atoms with Gasteiger partial charge in [-0.1, -0.05) is 0 Å². The number of hydrogen-bond acceptors (Lipinski definition) is 4. The minimum absolute atomic E-state index is 0.168. The maximum Gasteiger partial charge on any atom is 0.251 e. The number of nitrogens with one attached hydrogen (secondary N) is 1. The number of rotatable bonds is 4. The molecule has 1 heterocycles. The van der Waals surface area contributed by atoms with E-state index in [2.05, 4.69) is 9.97 Å². The molecule has 0 spiro atoms. The Balaban J connectivity index is 2.20. The van der Waals surface area contributed by atoms with Gasteiger partial charge in [0.1, 0.15) is 18.2 Å². The second kappa shape index (κ2) is 5.27. The molecule has 0 fully saturated rings. The molecule has 3 N–H and O–H groups in total. The first kappa shape index (κ1) is 11.3. The Morgan fingerprint density at radius 1 is 1.24 bits per heavy atom. The van der Waals surface area contributed by atoms with Gasteiger partial charge < -0.3 is 15.5 Å². The molecular weight excluding hydrogens is 218 g/mol. The Morgan fingerprint density at radius 2 is 2.00 bits per heavy atom. The highest BCUT2D eigenvalue weighted by Crippen LogP contribution is 2.18. The smallest absolute Gasteiger partial charge is 0.251 e. The highest BCUT2D eigenvalue weighted by molar-refractivity contribution is 5.55. The summed E-state index contributed by atoms with van der Waals surface area (Å²) in [6.07, 6.45) is 1.48. The fourth-order valence-corrected chi connectivity index (χ4v) is 1.40. The molecular formula is C12H13N3O2. The van der Waals surface area contributed by atoms with E-state index in [1.54, 1.807) is 0 Å². The molecule has 1 aromatic heterocycles. The molecule has 0 amide bonds. The van der Waals surface area contributed by atoms with Crippen LogP contribution in [0.3, 0.4) is 0 Å². The lowest BCUT2D eigenvalue weighted by molar-refractivity contribution is 0.328. The number of nitrogens with zero attached hydrogens (tertiary/aromatic N) is 1. The minimum atomic E-state index is -0.168. The molecule has 5 nitrogen and oxygen atoms in total. The summed E-state index contributed by atoms with van der Waals surface area (Å²) < 4.78 is 5.35. The van der Waals surface area contributed by atoms with Crippen molar-refractivity contribution in [2.24, 2.45) is 5.73 Å². The lowest BCUT2D eigenvalue weighted by Crippen LogP contribution is -2.10. The van der Waals surface area contributed by atoms with Crippen LogP contribution in [0.15, 0.2) is 41.3 Å². The number of nitrogens with two attached hydrogens (primary N) is 1. The highest BCUT2D eigenvalue weighted by atomic mass is 16.5. The van der Waals surface area contributed by atoms with Crippen LogP contribution in [0, 0.1) is 0 Å². The number of hydrogen-bond donors (Lipinski definition) is 2. The SMILES string of the molecule is NCCOc1ccc(-c2nccc(=O)[nH]2)cc1. The van der Waals surface area contributed by atoms with Crippen LogP contribution >= 0.6 is 0 Å². The first-order valence-corrected chi connectivity index (χ1v) is 5.28. The quantitative estimate of drug-likeness (QED) is 0.814. The Morgan fingerprint density at radius 3 is 2.65 bits per heavy atom. The molecule has 0 aliphatic carbocycles. The fourth-order valence-electron chi connectivity index (χ4n) is 1.40. The average Bonchev–Trinajstić information content (AvgIpc) is 2.37. The van der Waals surface area contributed by atoms with Crippen molar-refractivity contribution in [3.63, 3.8) is 0 Å². The van der Waals surface area contributed by atoms with E-state index < -0.39 is 0 Å². The summed E-state index contributed by atoms with van der Waals surface area (Å²) in [7, 11) is 0. The van der Waals surface area contributed by atoms with Gasteiger partial charge in [-0.25, -0.2) is 4.98 Å². The molecule has 0 aliphatic rings. The number of aromatic nitrogens is 2. The van der Waals surface area contributed by atoms with Crippen LogP contribution in [-0.2, 0) is 0 Å². The van der Waals surface area contributed by atoms with Gasteiger partial charge in [0, 0.05) is 24.4 Å². The van der Waals surface area contributed by atoms with Crippen LogP contribution in [-0.4, -0.2) is 23.1 Å². The molecule has 0 saturated heterocycles. The number of ether oxygens (including phenoxy) is 1. The second-order valence-corrected chi connectivity index (χ2v) is 3.44. The topological polar surface area (TPSA) is 81.0 Å².